The largest absolute Gasteiger partial charge is 0.508 e. The van der Waals surface area contributed by atoms with E-state index in [9.17, 15) is 5.11 Å². The molecule has 17 heavy (non-hydrogen) atoms. The van der Waals surface area contributed by atoms with Crippen LogP contribution in [0.15, 0.2) is 24.3 Å². The minimum Gasteiger partial charge on any atom is -0.508 e. The number of benzene rings is 1. The fourth-order valence-corrected chi connectivity index (χ4v) is 3.34. The summed E-state index contributed by atoms with van der Waals surface area (Å²) in [5.74, 6) is 1.10. The van der Waals surface area contributed by atoms with Gasteiger partial charge in [0.1, 0.15) is 5.75 Å². The number of hydrogen-bond acceptors (Lipinski definition) is 2. The van der Waals surface area contributed by atoms with Crippen LogP contribution in [0.3, 0.4) is 0 Å². The number of phenols is 1. The van der Waals surface area contributed by atoms with E-state index < -0.39 is 0 Å². The molecular formula is C15H19NO. The third kappa shape index (κ3) is 1.67. The minimum atomic E-state index is 0.363. The van der Waals surface area contributed by atoms with Crippen molar-refractivity contribution in [3.05, 3.63) is 35.4 Å². The number of phenolic OH excluding ortho intramolecular Hbond substituents is 1. The van der Waals surface area contributed by atoms with Gasteiger partial charge in [-0.1, -0.05) is 19.1 Å². The monoisotopic (exact) mass is 229 g/mol. The molecule has 0 amide bonds. The first-order chi connectivity index (χ1) is 8.19. The van der Waals surface area contributed by atoms with Gasteiger partial charge in [-0.2, -0.15) is 0 Å². The molecule has 1 saturated heterocycles. The Morgan fingerprint density at radius 1 is 1.41 bits per heavy atom. The molecule has 0 aromatic heterocycles. The molecule has 2 atom stereocenters. The second-order valence-electron chi connectivity index (χ2n) is 5.22. The van der Waals surface area contributed by atoms with E-state index in [0.717, 1.165) is 12.5 Å². The number of aromatic hydroxyl groups is 1. The van der Waals surface area contributed by atoms with E-state index in [4.69, 9.17) is 0 Å². The average molecular weight is 229 g/mol. The number of likely N-dealkylation sites (tertiary alicyclic amines) is 1. The number of fused-ring (bicyclic) bond motifs is 2. The Bertz CT molecular complexity index is 478. The summed E-state index contributed by atoms with van der Waals surface area (Å²) in [6.45, 7) is 6.68. The van der Waals surface area contributed by atoms with Gasteiger partial charge in [0.2, 0.25) is 0 Å². The summed E-state index contributed by atoms with van der Waals surface area (Å²) in [4.78, 5) is 2.56. The van der Waals surface area contributed by atoms with E-state index in [-0.39, 0.29) is 0 Å². The predicted molar refractivity (Wildman–Crippen MR) is 70.0 cm³/mol. The van der Waals surface area contributed by atoms with Crippen molar-refractivity contribution in [2.24, 2.45) is 5.92 Å². The maximum Gasteiger partial charge on any atom is 0.115 e. The van der Waals surface area contributed by atoms with Crippen molar-refractivity contribution in [1.82, 2.24) is 4.90 Å². The van der Waals surface area contributed by atoms with Gasteiger partial charge in [-0.15, -0.1) is 0 Å². The molecule has 3 rings (SSSR count). The van der Waals surface area contributed by atoms with Crippen molar-refractivity contribution in [3.8, 4) is 5.75 Å². The number of aryl methyl sites for hydroxylation is 1. The maximum absolute atomic E-state index is 9.48. The summed E-state index contributed by atoms with van der Waals surface area (Å²) in [5, 5.41) is 9.48. The standard InChI is InChI=1S/C15H19NO/c1-3-16-9-11-7-14(15(16)8-11)13-5-4-12(17)6-10(13)2/h4-7,11,15,17H,3,8-9H2,1-2H3. The molecule has 1 aromatic carbocycles. The van der Waals surface area contributed by atoms with Crippen LogP contribution in [0.5, 0.6) is 5.75 Å². The van der Waals surface area contributed by atoms with Gasteiger partial charge in [0.05, 0.1) is 0 Å². The summed E-state index contributed by atoms with van der Waals surface area (Å²) in [5.41, 5.74) is 3.97. The fraction of sp³-hybridized carbons (Fsp3) is 0.467. The highest BCUT2D eigenvalue weighted by Gasteiger charge is 2.38. The van der Waals surface area contributed by atoms with Gasteiger partial charge in [0.25, 0.3) is 0 Å². The lowest BCUT2D eigenvalue weighted by Gasteiger charge is -2.27. The Labute approximate surface area is 103 Å². The molecule has 2 nitrogen and oxygen atoms in total. The summed E-state index contributed by atoms with van der Waals surface area (Å²) < 4.78 is 0. The van der Waals surface area contributed by atoms with Gasteiger partial charge >= 0.3 is 0 Å². The molecule has 90 valence electrons. The zero-order valence-electron chi connectivity index (χ0n) is 10.5. The van der Waals surface area contributed by atoms with Crippen LogP contribution in [-0.4, -0.2) is 29.1 Å². The van der Waals surface area contributed by atoms with Crippen LogP contribution in [0.2, 0.25) is 0 Å². The highest BCUT2D eigenvalue weighted by atomic mass is 16.3. The second-order valence-corrected chi connectivity index (χ2v) is 5.22. The SMILES string of the molecule is CCN1CC2C=C(c3ccc(O)cc3C)C1C2. The van der Waals surface area contributed by atoms with Crippen molar-refractivity contribution in [2.45, 2.75) is 26.3 Å². The molecule has 2 heteroatoms. The lowest BCUT2D eigenvalue weighted by atomic mass is 9.96. The molecule has 1 heterocycles. The van der Waals surface area contributed by atoms with Crippen LogP contribution < -0.4 is 0 Å². The molecule has 2 bridgehead atoms. The zero-order valence-corrected chi connectivity index (χ0v) is 10.5. The van der Waals surface area contributed by atoms with Crippen LogP contribution >= 0.6 is 0 Å². The van der Waals surface area contributed by atoms with E-state index in [1.165, 1.54) is 29.7 Å². The van der Waals surface area contributed by atoms with Gasteiger partial charge in [-0.3, -0.25) is 4.90 Å². The molecule has 0 spiro atoms. The number of nitrogens with zero attached hydrogens (tertiary/aromatic N) is 1. The molecule has 1 aliphatic heterocycles. The highest BCUT2D eigenvalue weighted by molar-refractivity contribution is 5.75. The van der Waals surface area contributed by atoms with Gasteiger partial charge < -0.3 is 5.11 Å². The molecule has 2 aliphatic rings. The molecule has 1 aromatic rings. The van der Waals surface area contributed by atoms with Crippen molar-refractivity contribution >= 4 is 5.57 Å². The minimum absolute atomic E-state index is 0.363. The summed E-state index contributed by atoms with van der Waals surface area (Å²) in [6.07, 6.45) is 3.72. The van der Waals surface area contributed by atoms with E-state index >= 15 is 0 Å². The Morgan fingerprint density at radius 3 is 2.88 bits per heavy atom. The third-order valence-corrected chi connectivity index (χ3v) is 4.14. The number of likely N-dealkylation sites (N-methyl/N-ethyl adjacent to an activating group) is 1. The maximum atomic E-state index is 9.48. The molecule has 1 aliphatic carbocycles. The molecular weight excluding hydrogens is 210 g/mol. The quantitative estimate of drug-likeness (QED) is 0.843. The third-order valence-electron chi connectivity index (χ3n) is 4.14. The van der Waals surface area contributed by atoms with Crippen LogP contribution in [0.1, 0.15) is 24.5 Å². The van der Waals surface area contributed by atoms with Crippen LogP contribution in [0.4, 0.5) is 0 Å². The van der Waals surface area contributed by atoms with E-state index in [1.807, 2.05) is 6.07 Å². The predicted octanol–water partition coefficient (Wildman–Crippen LogP) is 2.81. The first-order valence-corrected chi connectivity index (χ1v) is 6.44. The lowest BCUT2D eigenvalue weighted by molar-refractivity contribution is 0.302. The number of hydrogen-bond donors (Lipinski definition) is 1. The smallest absolute Gasteiger partial charge is 0.115 e. The topological polar surface area (TPSA) is 23.5 Å². The van der Waals surface area contributed by atoms with Crippen LogP contribution in [0, 0.1) is 12.8 Å². The van der Waals surface area contributed by atoms with Crippen molar-refractivity contribution in [1.29, 1.82) is 0 Å². The van der Waals surface area contributed by atoms with Crippen LogP contribution in [-0.2, 0) is 0 Å². The molecule has 0 radical (unpaired) electrons. The van der Waals surface area contributed by atoms with Crippen molar-refractivity contribution < 1.29 is 5.11 Å². The fourth-order valence-electron chi connectivity index (χ4n) is 3.34. The van der Waals surface area contributed by atoms with E-state index in [2.05, 4.69) is 30.9 Å². The summed E-state index contributed by atoms with van der Waals surface area (Å²) in [7, 11) is 0. The molecule has 1 N–H and O–H groups in total. The molecule has 2 unspecified atom stereocenters. The Kier molecular flexibility index (Phi) is 2.48. The average Bonchev–Trinajstić information content (AvgIpc) is 2.87. The Hall–Kier alpha value is -1.28. The van der Waals surface area contributed by atoms with Crippen LogP contribution in [0.25, 0.3) is 5.57 Å². The van der Waals surface area contributed by atoms with E-state index in [0.29, 0.717) is 11.8 Å². The lowest BCUT2D eigenvalue weighted by Crippen LogP contribution is -2.32. The summed E-state index contributed by atoms with van der Waals surface area (Å²) in [6, 6.07) is 6.32. The Morgan fingerprint density at radius 2 is 2.24 bits per heavy atom. The second kappa shape index (κ2) is 3.88. The van der Waals surface area contributed by atoms with E-state index in [1.54, 1.807) is 6.07 Å². The summed E-state index contributed by atoms with van der Waals surface area (Å²) >= 11 is 0. The highest BCUT2D eigenvalue weighted by Crippen LogP contribution is 2.42. The first kappa shape index (κ1) is 10.8. The zero-order chi connectivity index (χ0) is 12.0. The van der Waals surface area contributed by atoms with Crippen molar-refractivity contribution in [3.63, 3.8) is 0 Å². The van der Waals surface area contributed by atoms with Gasteiger partial charge in [-0.25, -0.2) is 0 Å². The Balaban J connectivity index is 1.98. The molecule has 1 fully saturated rings. The number of rotatable bonds is 2. The normalized spacial score (nSPS) is 27.5. The van der Waals surface area contributed by atoms with Crippen molar-refractivity contribution in [2.75, 3.05) is 13.1 Å². The molecule has 0 saturated carbocycles. The van der Waals surface area contributed by atoms with Gasteiger partial charge in [0, 0.05) is 12.6 Å². The first-order valence-electron chi connectivity index (χ1n) is 6.44. The van der Waals surface area contributed by atoms with Gasteiger partial charge in [-0.05, 0) is 54.6 Å². The van der Waals surface area contributed by atoms with Gasteiger partial charge in [0.15, 0.2) is 0 Å².